The maximum atomic E-state index is 14.3. The van der Waals surface area contributed by atoms with Crippen LogP contribution in [0.1, 0.15) is 27.9 Å². The van der Waals surface area contributed by atoms with E-state index < -0.39 is 58.2 Å². The first-order valence-corrected chi connectivity index (χ1v) is 15.0. The molecule has 3 aromatic rings. The van der Waals surface area contributed by atoms with Crippen molar-refractivity contribution in [2.45, 2.75) is 31.1 Å². The van der Waals surface area contributed by atoms with Crippen LogP contribution < -0.4 is 15.2 Å². The average molecular weight is 625 g/mol. The fourth-order valence-corrected chi connectivity index (χ4v) is 7.67. The van der Waals surface area contributed by atoms with Gasteiger partial charge >= 0.3 is 0 Å². The Labute approximate surface area is 264 Å². The van der Waals surface area contributed by atoms with Crippen LogP contribution in [0.25, 0.3) is 11.1 Å². The number of hydrogen-bond donors (Lipinski definition) is 3. The van der Waals surface area contributed by atoms with Gasteiger partial charge in [-0.1, -0.05) is 42.5 Å². The monoisotopic (exact) mass is 624 g/mol. The average Bonchev–Trinajstić information content (AvgIpc) is 3.50. The second-order valence-corrected chi connectivity index (χ2v) is 12.4. The van der Waals surface area contributed by atoms with Crippen molar-refractivity contribution in [3.63, 3.8) is 0 Å². The van der Waals surface area contributed by atoms with Crippen LogP contribution in [0.15, 0.2) is 72.0 Å². The van der Waals surface area contributed by atoms with E-state index in [0.29, 0.717) is 22.6 Å². The van der Waals surface area contributed by atoms with Crippen LogP contribution in [-0.4, -0.2) is 70.9 Å². The second-order valence-electron chi connectivity index (χ2n) is 12.4. The third-order valence-electron chi connectivity index (χ3n) is 9.70. The molecule has 0 radical (unpaired) electrons. The van der Waals surface area contributed by atoms with Crippen molar-refractivity contribution in [2.24, 2.45) is 23.5 Å². The summed E-state index contributed by atoms with van der Waals surface area (Å²) in [5, 5.41) is 23.0. The zero-order valence-electron chi connectivity index (χ0n) is 25.2. The summed E-state index contributed by atoms with van der Waals surface area (Å²) in [4.78, 5) is 57.0. The molecule has 4 N–H and O–H groups in total. The predicted octanol–water partition coefficient (Wildman–Crippen LogP) is 2.55. The van der Waals surface area contributed by atoms with Crippen LogP contribution in [0, 0.1) is 17.8 Å². The summed E-state index contributed by atoms with van der Waals surface area (Å²) in [5.41, 5.74) is 5.10. The number of aromatic hydroxyl groups is 1. The summed E-state index contributed by atoms with van der Waals surface area (Å²) in [6.07, 6.45) is 0.288. The van der Waals surface area contributed by atoms with Crippen LogP contribution in [0.3, 0.4) is 0 Å². The van der Waals surface area contributed by atoms with E-state index in [1.165, 1.54) is 6.07 Å². The number of phenolic OH excluding ortho intramolecular Hbond substituents is 1. The van der Waals surface area contributed by atoms with E-state index in [1.807, 2.05) is 36.4 Å². The molecule has 11 heteroatoms. The fraction of sp³-hybridized carbons (Fsp3) is 0.314. The first-order chi connectivity index (χ1) is 22.0. The molecule has 46 heavy (non-hydrogen) atoms. The Balaban J connectivity index is 1.32. The Kier molecular flexibility index (Phi) is 6.98. The molecule has 4 aliphatic rings. The van der Waals surface area contributed by atoms with Crippen molar-refractivity contribution in [2.75, 3.05) is 20.9 Å². The van der Waals surface area contributed by atoms with Gasteiger partial charge in [-0.15, -0.1) is 0 Å². The molecule has 1 aliphatic heterocycles. The number of nitrogens with two attached hydrogens (primary N) is 1. The number of ether oxygens (including phenoxy) is 3. The molecule has 0 aromatic heterocycles. The van der Waals surface area contributed by atoms with E-state index in [-0.39, 0.29) is 43.3 Å². The van der Waals surface area contributed by atoms with Crippen LogP contribution in [0.5, 0.6) is 17.2 Å². The molecule has 11 nitrogen and oxygen atoms in total. The number of aliphatic hydroxyl groups is 1. The molecule has 5 atom stereocenters. The number of carbonyl (C=O) groups is 4. The number of benzene rings is 3. The van der Waals surface area contributed by atoms with Gasteiger partial charge < -0.3 is 30.2 Å². The van der Waals surface area contributed by atoms with E-state index in [0.717, 1.165) is 11.1 Å². The van der Waals surface area contributed by atoms with Crippen molar-refractivity contribution in [3.8, 4) is 28.4 Å². The number of Topliss-reactive ketones (excluding diaryl/α,β-unsaturated/α-hetero) is 3. The minimum absolute atomic E-state index is 0.0136. The number of rotatable bonds is 6. The first-order valence-electron chi connectivity index (χ1n) is 15.0. The molecule has 7 rings (SSSR count). The Morgan fingerprint density at radius 3 is 2.50 bits per heavy atom. The molecule has 1 fully saturated rings. The number of fused-ring (bicyclic) bond motifs is 4. The summed E-state index contributed by atoms with van der Waals surface area (Å²) < 4.78 is 17.1. The molecule has 1 heterocycles. The maximum Gasteiger partial charge on any atom is 0.255 e. The molecule has 0 spiro atoms. The smallest absolute Gasteiger partial charge is 0.255 e. The van der Waals surface area contributed by atoms with E-state index in [2.05, 4.69) is 0 Å². The molecule has 1 saturated carbocycles. The van der Waals surface area contributed by atoms with Gasteiger partial charge in [-0.3, -0.25) is 24.1 Å². The van der Waals surface area contributed by atoms with E-state index in [9.17, 15) is 29.4 Å². The number of phenols is 1. The minimum atomic E-state index is -2.71. The highest BCUT2D eigenvalue weighted by atomic mass is 16.7. The highest BCUT2D eigenvalue weighted by Gasteiger charge is 2.67. The van der Waals surface area contributed by atoms with Gasteiger partial charge in [0.15, 0.2) is 28.7 Å². The summed E-state index contributed by atoms with van der Waals surface area (Å²) >= 11 is 0. The van der Waals surface area contributed by atoms with E-state index >= 15 is 0 Å². The molecule has 3 aliphatic carbocycles. The summed E-state index contributed by atoms with van der Waals surface area (Å²) in [6, 6.07) is 16.7. The van der Waals surface area contributed by atoms with Gasteiger partial charge in [0.25, 0.3) is 5.91 Å². The molecule has 0 saturated heterocycles. The van der Waals surface area contributed by atoms with Crippen LogP contribution in [0.2, 0.25) is 0 Å². The number of primary amides is 1. The molecule has 3 aromatic carbocycles. The van der Waals surface area contributed by atoms with E-state index in [1.54, 1.807) is 37.2 Å². The standard InChI is InChI=1S/C35H32N2O9/c1-37(2)29-22-13-19-12-21-20(18-8-11-24-25(14-18)46-16-45-24)9-10-23(38)27(21)30(39)26(19)32(40)35(22,43)33(41)28(34(36)42)31(29)44-15-17-6-4-3-5-7-17/h3-11,14,19,22,26,29,38,43H,12-13,15-16H2,1-2H3,(H2,36,42)/t19-,22-,26?,29?,35-/m0/s1. The Morgan fingerprint density at radius 2 is 1.78 bits per heavy atom. The highest BCUT2D eigenvalue weighted by molar-refractivity contribution is 6.32. The molecule has 1 amide bonds. The fourth-order valence-electron chi connectivity index (χ4n) is 7.67. The number of ketones is 3. The number of hydrogen-bond acceptors (Lipinski definition) is 10. The lowest BCUT2D eigenvalue weighted by molar-refractivity contribution is -0.170. The maximum absolute atomic E-state index is 14.3. The van der Waals surface area contributed by atoms with E-state index in [4.69, 9.17) is 19.9 Å². The zero-order chi connectivity index (χ0) is 32.5. The van der Waals surface area contributed by atoms with Crippen molar-refractivity contribution in [1.29, 1.82) is 0 Å². The van der Waals surface area contributed by atoms with Gasteiger partial charge in [0.05, 0.1) is 17.5 Å². The van der Waals surface area contributed by atoms with Gasteiger partial charge in [-0.25, -0.2) is 0 Å². The normalized spacial score (nSPS) is 26.5. The summed E-state index contributed by atoms with van der Waals surface area (Å²) in [6.45, 7) is 0.107. The Bertz CT molecular complexity index is 1850. The number of likely N-dealkylation sites (N-methyl/N-ethyl adjacent to an activating group) is 1. The Hall–Kier alpha value is -5.00. The second kappa shape index (κ2) is 10.8. The lowest BCUT2D eigenvalue weighted by Gasteiger charge is -2.52. The number of carbonyl (C=O) groups excluding carboxylic acids is 4. The Morgan fingerprint density at radius 1 is 1.04 bits per heavy atom. The van der Waals surface area contributed by atoms with Crippen LogP contribution in [0.4, 0.5) is 0 Å². The quantitative estimate of drug-likeness (QED) is 0.274. The third-order valence-corrected chi connectivity index (χ3v) is 9.70. The lowest BCUT2D eigenvalue weighted by Crippen LogP contribution is -2.69. The van der Waals surface area contributed by atoms with Gasteiger partial charge in [0.1, 0.15) is 23.7 Å². The van der Waals surface area contributed by atoms with Crippen LogP contribution in [-0.2, 0) is 32.1 Å². The lowest BCUT2D eigenvalue weighted by atomic mass is 9.54. The molecule has 236 valence electrons. The minimum Gasteiger partial charge on any atom is -0.507 e. The largest absolute Gasteiger partial charge is 0.507 e. The molecule has 2 unspecified atom stereocenters. The van der Waals surface area contributed by atoms with Gasteiger partial charge in [0.2, 0.25) is 12.6 Å². The SMILES string of the molecule is CN(C)C1C(OCc2ccccc2)=C(C(N)=O)C(=O)[C@@]2(O)C(=O)C3C(=O)c4c(O)ccc(-c5ccc6c(c5)OCO6)c4C[C@H]3C[C@@H]12. The van der Waals surface area contributed by atoms with Gasteiger partial charge in [-0.2, -0.15) is 0 Å². The first kappa shape index (κ1) is 29.7. The number of nitrogens with zero attached hydrogens (tertiary/aromatic N) is 1. The van der Waals surface area contributed by atoms with Crippen molar-refractivity contribution in [3.05, 3.63) is 88.7 Å². The van der Waals surface area contributed by atoms with Gasteiger partial charge in [-0.05, 0) is 73.3 Å². The molecular formula is C35H32N2O9. The van der Waals surface area contributed by atoms with Crippen molar-refractivity contribution in [1.82, 2.24) is 4.90 Å². The number of amides is 1. The summed E-state index contributed by atoms with van der Waals surface area (Å²) in [7, 11) is 3.39. The van der Waals surface area contributed by atoms with Crippen molar-refractivity contribution >= 4 is 23.3 Å². The third kappa shape index (κ3) is 4.33. The van der Waals surface area contributed by atoms with Crippen molar-refractivity contribution < 1.29 is 43.6 Å². The molecule has 0 bridgehead atoms. The predicted molar refractivity (Wildman–Crippen MR) is 163 cm³/mol. The summed E-state index contributed by atoms with van der Waals surface area (Å²) in [5.74, 6) is -6.29. The zero-order valence-corrected chi connectivity index (χ0v) is 25.2. The van der Waals surface area contributed by atoms with Gasteiger partial charge in [0, 0.05) is 5.92 Å². The highest BCUT2D eigenvalue weighted by Crippen LogP contribution is 2.53. The topological polar surface area (TPSA) is 166 Å². The molecular weight excluding hydrogens is 592 g/mol. The van der Waals surface area contributed by atoms with Crippen LogP contribution >= 0.6 is 0 Å².